The Kier molecular flexibility index (Phi) is 5.20. The van der Waals surface area contributed by atoms with E-state index >= 15 is 0 Å². The molecule has 0 bridgehead atoms. The largest absolute Gasteiger partial charge is 0.482 e. The molecule has 2 aromatic carbocycles. The summed E-state index contributed by atoms with van der Waals surface area (Å²) in [5.74, 6) is -2.15. The molecular weight excluding hydrogens is 321 g/mol. The van der Waals surface area contributed by atoms with Crippen molar-refractivity contribution < 1.29 is 28.4 Å². The van der Waals surface area contributed by atoms with Gasteiger partial charge in [0.15, 0.2) is 12.4 Å². The van der Waals surface area contributed by atoms with Crippen LogP contribution in [0.1, 0.15) is 17.3 Å². The molecular formula is C16H12FNO6. The quantitative estimate of drug-likeness (QED) is 0.265. The first kappa shape index (κ1) is 17.1. The molecule has 8 heteroatoms. The van der Waals surface area contributed by atoms with E-state index < -0.39 is 34.8 Å². The van der Waals surface area contributed by atoms with Gasteiger partial charge in [0.05, 0.1) is 4.92 Å². The topological polar surface area (TPSA) is 95.7 Å². The van der Waals surface area contributed by atoms with Crippen LogP contribution in [0.15, 0.2) is 42.5 Å². The van der Waals surface area contributed by atoms with Crippen LogP contribution in [-0.2, 0) is 4.79 Å². The Labute approximate surface area is 135 Å². The van der Waals surface area contributed by atoms with Gasteiger partial charge in [-0.1, -0.05) is 12.1 Å². The fourth-order valence-corrected chi connectivity index (χ4v) is 1.82. The molecule has 0 heterocycles. The third kappa shape index (κ3) is 4.35. The van der Waals surface area contributed by atoms with Gasteiger partial charge in [-0.05, 0) is 25.1 Å². The van der Waals surface area contributed by atoms with Crippen LogP contribution in [0.25, 0.3) is 0 Å². The summed E-state index contributed by atoms with van der Waals surface area (Å²) in [4.78, 5) is 33.0. The summed E-state index contributed by atoms with van der Waals surface area (Å²) in [6.07, 6.45) is 0. The Bertz CT molecular complexity index is 805. The zero-order chi connectivity index (χ0) is 17.7. The third-order valence-corrected chi connectivity index (χ3v) is 2.94. The van der Waals surface area contributed by atoms with Gasteiger partial charge < -0.3 is 9.47 Å². The fraction of sp³-hybridized carbons (Fsp3) is 0.125. The van der Waals surface area contributed by atoms with Crippen LogP contribution in [0, 0.1) is 15.9 Å². The molecule has 0 N–H and O–H groups in total. The molecule has 2 aromatic rings. The van der Waals surface area contributed by atoms with Gasteiger partial charge in [-0.2, -0.15) is 0 Å². The second-order valence-electron chi connectivity index (χ2n) is 4.72. The van der Waals surface area contributed by atoms with Crippen LogP contribution >= 0.6 is 0 Å². The van der Waals surface area contributed by atoms with Crippen molar-refractivity contribution in [3.63, 3.8) is 0 Å². The van der Waals surface area contributed by atoms with Crippen molar-refractivity contribution in [3.05, 3.63) is 64.0 Å². The number of Topliss-reactive ketones (excluding diaryl/α,β-unsaturated/α-hetero) is 1. The molecule has 0 amide bonds. The average Bonchev–Trinajstić information content (AvgIpc) is 2.53. The Morgan fingerprint density at radius 3 is 2.62 bits per heavy atom. The summed E-state index contributed by atoms with van der Waals surface area (Å²) in [6.45, 7) is 0.825. The van der Waals surface area contributed by atoms with Crippen molar-refractivity contribution in [2.24, 2.45) is 0 Å². The van der Waals surface area contributed by atoms with Crippen molar-refractivity contribution in [1.29, 1.82) is 0 Å². The summed E-state index contributed by atoms with van der Waals surface area (Å²) in [5, 5.41) is 10.8. The van der Waals surface area contributed by atoms with Crippen LogP contribution in [0.4, 0.5) is 10.1 Å². The highest BCUT2D eigenvalue weighted by Crippen LogP contribution is 2.27. The Morgan fingerprint density at radius 2 is 1.96 bits per heavy atom. The molecule has 0 spiro atoms. The van der Waals surface area contributed by atoms with Crippen LogP contribution in [-0.4, -0.2) is 23.3 Å². The fourth-order valence-electron chi connectivity index (χ4n) is 1.82. The van der Waals surface area contributed by atoms with Gasteiger partial charge in [0.2, 0.25) is 5.75 Å². The highest BCUT2D eigenvalue weighted by atomic mass is 19.1. The number of esters is 1. The molecule has 24 heavy (non-hydrogen) atoms. The number of carbonyl (C=O) groups is 2. The molecule has 0 aliphatic carbocycles. The van der Waals surface area contributed by atoms with E-state index in [1.165, 1.54) is 19.1 Å². The van der Waals surface area contributed by atoms with E-state index in [4.69, 9.17) is 9.47 Å². The molecule has 7 nitrogen and oxygen atoms in total. The number of carbonyl (C=O) groups excluding carboxylic acids is 2. The van der Waals surface area contributed by atoms with Gasteiger partial charge >= 0.3 is 11.7 Å². The van der Waals surface area contributed by atoms with Crippen LogP contribution in [0.3, 0.4) is 0 Å². The minimum Gasteiger partial charge on any atom is -0.482 e. The van der Waals surface area contributed by atoms with E-state index in [1.54, 1.807) is 12.1 Å². The van der Waals surface area contributed by atoms with Crippen molar-refractivity contribution in [2.45, 2.75) is 6.92 Å². The first-order valence-corrected chi connectivity index (χ1v) is 6.75. The number of benzene rings is 2. The number of nitrogens with zero attached hydrogens (tertiary/aromatic N) is 1. The van der Waals surface area contributed by atoms with E-state index in [1.807, 2.05) is 0 Å². The zero-order valence-corrected chi connectivity index (χ0v) is 12.5. The minimum atomic E-state index is -0.947. The van der Waals surface area contributed by atoms with Crippen molar-refractivity contribution >= 4 is 17.4 Å². The lowest BCUT2D eigenvalue weighted by molar-refractivity contribution is -0.385. The number of ether oxygens (including phenoxy) is 2. The maximum atomic E-state index is 13.2. The SMILES string of the molecule is CC(=O)c1cccc(OCC(=O)Oc2cc(F)ccc2[N+](=O)[O-])c1. The predicted octanol–water partition coefficient (Wildman–Crippen LogP) is 2.92. The van der Waals surface area contributed by atoms with E-state index in [-0.39, 0.29) is 11.5 Å². The molecule has 0 aliphatic heterocycles. The summed E-state index contributed by atoms with van der Waals surface area (Å²) in [5.41, 5.74) is -0.134. The van der Waals surface area contributed by atoms with Gasteiger partial charge in [0, 0.05) is 17.7 Å². The first-order chi connectivity index (χ1) is 11.4. The second-order valence-corrected chi connectivity index (χ2v) is 4.72. The van der Waals surface area contributed by atoms with Gasteiger partial charge in [0.25, 0.3) is 0 Å². The molecule has 0 radical (unpaired) electrons. The number of hydrogen-bond acceptors (Lipinski definition) is 6. The molecule has 0 saturated carbocycles. The molecule has 0 aliphatic rings. The molecule has 0 saturated heterocycles. The van der Waals surface area contributed by atoms with Gasteiger partial charge in [-0.3, -0.25) is 14.9 Å². The minimum absolute atomic E-state index is 0.168. The lowest BCUT2D eigenvalue weighted by Crippen LogP contribution is -2.18. The van der Waals surface area contributed by atoms with E-state index in [0.29, 0.717) is 5.56 Å². The van der Waals surface area contributed by atoms with Crippen molar-refractivity contribution in [2.75, 3.05) is 6.61 Å². The zero-order valence-electron chi connectivity index (χ0n) is 12.5. The maximum Gasteiger partial charge on any atom is 0.349 e. The van der Waals surface area contributed by atoms with E-state index in [9.17, 15) is 24.1 Å². The molecule has 0 aromatic heterocycles. The van der Waals surface area contributed by atoms with Gasteiger partial charge in [-0.25, -0.2) is 9.18 Å². The van der Waals surface area contributed by atoms with Crippen LogP contribution in [0.2, 0.25) is 0 Å². The predicted molar refractivity (Wildman–Crippen MR) is 80.6 cm³/mol. The van der Waals surface area contributed by atoms with Gasteiger partial charge in [0.1, 0.15) is 11.6 Å². The number of ketones is 1. The molecule has 124 valence electrons. The highest BCUT2D eigenvalue weighted by Gasteiger charge is 2.19. The van der Waals surface area contributed by atoms with Gasteiger partial charge in [-0.15, -0.1) is 0 Å². The second kappa shape index (κ2) is 7.32. The van der Waals surface area contributed by atoms with Crippen molar-refractivity contribution in [3.8, 4) is 11.5 Å². The smallest absolute Gasteiger partial charge is 0.349 e. The molecule has 0 fully saturated rings. The summed E-state index contributed by atoms with van der Waals surface area (Å²) in [6, 6.07) is 8.67. The van der Waals surface area contributed by atoms with Crippen LogP contribution in [0.5, 0.6) is 11.5 Å². The average molecular weight is 333 g/mol. The van der Waals surface area contributed by atoms with E-state index in [0.717, 1.165) is 18.2 Å². The maximum absolute atomic E-state index is 13.2. The lowest BCUT2D eigenvalue weighted by atomic mass is 10.1. The summed E-state index contributed by atoms with van der Waals surface area (Å²) < 4.78 is 23.1. The lowest BCUT2D eigenvalue weighted by Gasteiger charge is -2.08. The Morgan fingerprint density at radius 1 is 1.21 bits per heavy atom. The highest BCUT2D eigenvalue weighted by molar-refractivity contribution is 5.94. The van der Waals surface area contributed by atoms with E-state index in [2.05, 4.69) is 0 Å². The Hall–Kier alpha value is -3.29. The number of nitro groups is 1. The standard InChI is InChI=1S/C16H12FNO6/c1-10(19)11-3-2-4-13(7-11)23-9-16(20)24-15-8-12(17)5-6-14(15)18(21)22/h2-8H,9H2,1H3. The number of nitro benzene ring substituents is 1. The van der Waals surface area contributed by atoms with Crippen LogP contribution < -0.4 is 9.47 Å². The number of halogens is 1. The molecule has 0 unspecified atom stereocenters. The normalized spacial score (nSPS) is 10.1. The monoisotopic (exact) mass is 333 g/mol. The summed E-state index contributed by atoms with van der Waals surface area (Å²) in [7, 11) is 0. The number of hydrogen-bond donors (Lipinski definition) is 0. The molecule has 0 atom stereocenters. The number of rotatable bonds is 6. The summed E-state index contributed by atoms with van der Waals surface area (Å²) >= 11 is 0. The Balaban J connectivity index is 2.04. The molecule has 2 rings (SSSR count). The third-order valence-electron chi connectivity index (χ3n) is 2.94. The van der Waals surface area contributed by atoms with Crippen molar-refractivity contribution in [1.82, 2.24) is 0 Å². The first-order valence-electron chi connectivity index (χ1n) is 6.75.